The molecular formula is C22H27F6N3O6. The van der Waals surface area contributed by atoms with Gasteiger partial charge >= 0.3 is 24.3 Å². The number of hydrogen-bond donors (Lipinski definition) is 3. The molecule has 3 fully saturated rings. The molecule has 1 aliphatic carbocycles. The van der Waals surface area contributed by atoms with Gasteiger partial charge in [-0.25, -0.2) is 9.59 Å². The van der Waals surface area contributed by atoms with Crippen molar-refractivity contribution in [2.24, 2.45) is 11.8 Å². The first-order chi connectivity index (χ1) is 17.2. The lowest BCUT2D eigenvalue weighted by Gasteiger charge is -2.48. The van der Waals surface area contributed by atoms with E-state index in [0.717, 1.165) is 37.7 Å². The summed E-state index contributed by atoms with van der Waals surface area (Å²) >= 11 is 0. The van der Waals surface area contributed by atoms with Crippen LogP contribution in [-0.4, -0.2) is 82.1 Å². The summed E-state index contributed by atoms with van der Waals surface area (Å²) in [6.07, 6.45) is -0.589. The number of fused-ring (bicyclic) bond motifs is 1. The molecule has 0 radical (unpaired) electrons. The van der Waals surface area contributed by atoms with Crippen molar-refractivity contribution in [1.82, 2.24) is 9.88 Å². The third kappa shape index (κ3) is 9.46. The summed E-state index contributed by atoms with van der Waals surface area (Å²) in [7, 11) is 0. The lowest BCUT2D eigenvalue weighted by molar-refractivity contribution is -0.193. The van der Waals surface area contributed by atoms with Crippen LogP contribution in [0, 0.1) is 11.8 Å². The Morgan fingerprint density at radius 2 is 1.59 bits per heavy atom. The van der Waals surface area contributed by atoms with E-state index in [2.05, 4.69) is 15.2 Å². The summed E-state index contributed by atoms with van der Waals surface area (Å²) in [5.74, 6) is -5.00. The molecule has 1 amide bonds. The predicted molar refractivity (Wildman–Crippen MR) is 115 cm³/mol. The molecule has 3 atom stereocenters. The summed E-state index contributed by atoms with van der Waals surface area (Å²) < 4.78 is 69.4. The Morgan fingerprint density at radius 3 is 2.05 bits per heavy atom. The van der Waals surface area contributed by atoms with E-state index >= 15 is 0 Å². The number of rotatable bonds is 3. The molecule has 2 saturated heterocycles. The zero-order valence-electron chi connectivity index (χ0n) is 19.5. The van der Waals surface area contributed by atoms with Gasteiger partial charge in [-0.3, -0.25) is 14.7 Å². The second-order valence-electron chi connectivity index (χ2n) is 8.67. The summed E-state index contributed by atoms with van der Waals surface area (Å²) in [5.41, 5.74) is 0.784. The number of halogens is 6. The summed E-state index contributed by atoms with van der Waals surface area (Å²) in [5, 5.41) is 17.3. The van der Waals surface area contributed by atoms with E-state index in [9.17, 15) is 31.1 Å². The molecule has 3 N–H and O–H groups in total. The molecule has 9 nitrogen and oxygen atoms in total. The summed E-state index contributed by atoms with van der Waals surface area (Å²) in [4.78, 5) is 37.2. The van der Waals surface area contributed by atoms with Crippen LogP contribution in [0.15, 0.2) is 24.5 Å². The number of alkyl halides is 6. The largest absolute Gasteiger partial charge is 0.490 e. The van der Waals surface area contributed by atoms with Gasteiger partial charge in [-0.1, -0.05) is 6.42 Å². The van der Waals surface area contributed by atoms with Gasteiger partial charge in [0.2, 0.25) is 5.91 Å². The fourth-order valence-corrected chi connectivity index (χ4v) is 4.22. The van der Waals surface area contributed by atoms with E-state index < -0.39 is 24.3 Å². The summed E-state index contributed by atoms with van der Waals surface area (Å²) in [6, 6.07) is 4.49. The molecule has 1 aromatic heterocycles. The van der Waals surface area contributed by atoms with Crippen LogP contribution in [0.1, 0.15) is 32.1 Å². The quantitative estimate of drug-likeness (QED) is 0.494. The second kappa shape index (κ2) is 13.0. The van der Waals surface area contributed by atoms with Crippen molar-refractivity contribution in [3.8, 4) is 0 Å². The smallest absolute Gasteiger partial charge is 0.475 e. The van der Waals surface area contributed by atoms with Gasteiger partial charge in [-0.15, -0.1) is 0 Å². The van der Waals surface area contributed by atoms with Crippen LogP contribution in [0.25, 0.3) is 0 Å². The van der Waals surface area contributed by atoms with Crippen molar-refractivity contribution in [3.63, 3.8) is 0 Å². The second-order valence-corrected chi connectivity index (χ2v) is 8.67. The molecule has 15 heteroatoms. The van der Waals surface area contributed by atoms with Gasteiger partial charge in [-0.05, 0) is 37.8 Å². The number of carboxylic acids is 2. The number of likely N-dealkylation sites (tertiary alicyclic amines) is 1. The monoisotopic (exact) mass is 543 g/mol. The molecule has 208 valence electrons. The molecule has 3 aliphatic rings. The molecule has 2 aliphatic heterocycles. The van der Waals surface area contributed by atoms with E-state index in [1.54, 1.807) is 12.4 Å². The van der Waals surface area contributed by atoms with Crippen molar-refractivity contribution in [2.45, 2.75) is 56.6 Å². The molecule has 0 spiro atoms. The standard InChI is InChI=1S/C18H25N3O2.2C2HF3O2/c22-18(20-13-3-2-8-19-11-13)15-7-10-23-17-6-9-21(12-16(15)17)14-4-1-5-14;2*3-2(4,5)1(6)7/h2-3,8,11,14-17H,1,4-7,9-10,12H2,(H,20,22);2*(H,6,7)/t15-,16-,17-;;/m1../s1. The third-order valence-corrected chi connectivity index (χ3v) is 6.24. The van der Waals surface area contributed by atoms with Gasteiger partial charge in [0.05, 0.1) is 18.0 Å². The molecule has 1 saturated carbocycles. The van der Waals surface area contributed by atoms with Crippen LogP contribution in [0.3, 0.4) is 0 Å². The normalized spacial score (nSPS) is 24.1. The van der Waals surface area contributed by atoms with E-state index in [-0.39, 0.29) is 17.9 Å². The number of nitrogens with zero attached hydrogens (tertiary/aromatic N) is 2. The summed E-state index contributed by atoms with van der Waals surface area (Å²) in [6.45, 7) is 2.85. The first kappa shape index (κ1) is 30.3. The first-order valence-electron chi connectivity index (χ1n) is 11.4. The Labute approximate surface area is 207 Å². The Bertz CT molecular complexity index is 886. The highest BCUT2D eigenvalue weighted by molar-refractivity contribution is 5.92. The number of ether oxygens (including phenoxy) is 1. The van der Waals surface area contributed by atoms with Gasteiger partial charge < -0.3 is 20.3 Å². The van der Waals surface area contributed by atoms with E-state index in [1.807, 2.05) is 12.1 Å². The maximum atomic E-state index is 12.8. The molecule has 37 heavy (non-hydrogen) atoms. The van der Waals surface area contributed by atoms with Crippen molar-refractivity contribution in [2.75, 3.05) is 25.0 Å². The predicted octanol–water partition coefficient (Wildman–Crippen LogP) is 3.57. The SMILES string of the molecule is O=C(Nc1cccnc1)[C@@H]1CCO[C@@H]2CCN(C3CCC3)C[C@@H]21.O=C(O)C(F)(F)F.O=C(O)C(F)(F)F. The van der Waals surface area contributed by atoms with Crippen LogP contribution in [0.5, 0.6) is 0 Å². The number of aliphatic carboxylic acids is 2. The highest BCUT2D eigenvalue weighted by Gasteiger charge is 2.43. The highest BCUT2D eigenvalue weighted by Crippen LogP contribution is 2.37. The number of amides is 1. The van der Waals surface area contributed by atoms with Gasteiger partial charge in [0, 0.05) is 43.8 Å². The Hall–Kier alpha value is -2.94. The van der Waals surface area contributed by atoms with Gasteiger partial charge in [0.15, 0.2) is 0 Å². The zero-order chi connectivity index (χ0) is 27.8. The number of nitrogens with one attached hydrogen (secondary N) is 1. The van der Waals surface area contributed by atoms with Crippen molar-refractivity contribution in [3.05, 3.63) is 24.5 Å². The number of carbonyl (C=O) groups excluding carboxylic acids is 1. The van der Waals surface area contributed by atoms with Crippen LogP contribution in [0.4, 0.5) is 32.0 Å². The van der Waals surface area contributed by atoms with Crippen LogP contribution >= 0.6 is 0 Å². The number of anilines is 1. The molecule has 0 unspecified atom stereocenters. The molecule has 0 bridgehead atoms. The molecule has 4 rings (SSSR count). The maximum absolute atomic E-state index is 12.8. The van der Waals surface area contributed by atoms with E-state index in [4.69, 9.17) is 24.5 Å². The van der Waals surface area contributed by atoms with Gasteiger partial charge in [0.25, 0.3) is 0 Å². The van der Waals surface area contributed by atoms with Crippen LogP contribution < -0.4 is 5.32 Å². The van der Waals surface area contributed by atoms with Gasteiger partial charge in [-0.2, -0.15) is 26.3 Å². The van der Waals surface area contributed by atoms with Crippen LogP contribution in [0.2, 0.25) is 0 Å². The molecule has 3 heterocycles. The molecule has 1 aromatic rings. The minimum absolute atomic E-state index is 0.0526. The first-order valence-corrected chi connectivity index (χ1v) is 11.4. The lowest BCUT2D eigenvalue weighted by atomic mass is 9.77. The number of aromatic nitrogens is 1. The zero-order valence-corrected chi connectivity index (χ0v) is 19.5. The Morgan fingerprint density at radius 1 is 1.00 bits per heavy atom. The minimum Gasteiger partial charge on any atom is -0.475 e. The van der Waals surface area contributed by atoms with Crippen molar-refractivity contribution >= 4 is 23.5 Å². The number of carboxylic acid groups (broad SMARTS) is 2. The number of hydrogen-bond acceptors (Lipinski definition) is 6. The highest BCUT2D eigenvalue weighted by atomic mass is 19.4. The number of pyridine rings is 1. The third-order valence-electron chi connectivity index (χ3n) is 6.24. The molecular weight excluding hydrogens is 516 g/mol. The lowest BCUT2D eigenvalue weighted by Crippen LogP contribution is -2.55. The molecule has 0 aromatic carbocycles. The fourth-order valence-electron chi connectivity index (χ4n) is 4.22. The maximum Gasteiger partial charge on any atom is 0.490 e. The average molecular weight is 543 g/mol. The Kier molecular flexibility index (Phi) is 10.7. The average Bonchev–Trinajstić information content (AvgIpc) is 2.77. The minimum atomic E-state index is -5.08. The van der Waals surface area contributed by atoms with E-state index in [0.29, 0.717) is 12.5 Å². The number of piperidine rings is 1. The van der Waals surface area contributed by atoms with E-state index in [1.165, 1.54) is 19.3 Å². The van der Waals surface area contributed by atoms with Gasteiger partial charge in [0.1, 0.15) is 0 Å². The number of carbonyl (C=O) groups is 3. The van der Waals surface area contributed by atoms with Crippen LogP contribution in [-0.2, 0) is 19.1 Å². The fraction of sp³-hybridized carbons (Fsp3) is 0.636. The van der Waals surface area contributed by atoms with Crippen molar-refractivity contribution in [1.29, 1.82) is 0 Å². The topological polar surface area (TPSA) is 129 Å². The van der Waals surface area contributed by atoms with Crippen molar-refractivity contribution < 1.29 is 55.7 Å². The Balaban J connectivity index is 0.000000286.